The lowest BCUT2D eigenvalue weighted by atomic mass is 10.0. The first-order valence-corrected chi connectivity index (χ1v) is 6.79. The number of nitro benzene ring substituents is 1. The standard InChI is InChI=1S/C16H15N3O2/c1-11(2)12-4-3-5-14(8-12)18-16-7-6-15(19(20)21)9-13(16)10-17-18/h3-11H,1-2H3. The first-order chi connectivity index (χ1) is 10.1. The highest BCUT2D eigenvalue weighted by atomic mass is 16.6. The maximum absolute atomic E-state index is 10.8. The molecule has 0 aliphatic rings. The van der Waals surface area contributed by atoms with Gasteiger partial charge in [-0.1, -0.05) is 26.0 Å². The smallest absolute Gasteiger partial charge is 0.258 e. The lowest BCUT2D eigenvalue weighted by Crippen LogP contribution is -1.98. The molecule has 3 rings (SSSR count). The number of rotatable bonds is 3. The molecule has 0 N–H and O–H groups in total. The molecule has 2 aromatic carbocycles. The summed E-state index contributed by atoms with van der Waals surface area (Å²) in [5.41, 5.74) is 3.14. The molecule has 0 bridgehead atoms. The van der Waals surface area contributed by atoms with Crippen LogP contribution in [0.1, 0.15) is 25.3 Å². The van der Waals surface area contributed by atoms with E-state index in [9.17, 15) is 10.1 Å². The van der Waals surface area contributed by atoms with Crippen LogP contribution in [0.2, 0.25) is 0 Å². The average Bonchev–Trinajstić information content (AvgIpc) is 2.90. The fraction of sp³-hybridized carbons (Fsp3) is 0.188. The van der Waals surface area contributed by atoms with Crippen LogP contribution in [0.5, 0.6) is 0 Å². The van der Waals surface area contributed by atoms with Gasteiger partial charge in [-0.25, -0.2) is 4.68 Å². The Hall–Kier alpha value is -2.69. The summed E-state index contributed by atoms with van der Waals surface area (Å²) in [4.78, 5) is 10.4. The Balaban J connectivity index is 2.13. The minimum atomic E-state index is -0.393. The summed E-state index contributed by atoms with van der Waals surface area (Å²) in [6.45, 7) is 4.29. The molecule has 5 nitrogen and oxygen atoms in total. The van der Waals surface area contributed by atoms with Crippen LogP contribution < -0.4 is 0 Å². The van der Waals surface area contributed by atoms with Gasteiger partial charge in [-0.3, -0.25) is 10.1 Å². The predicted molar refractivity (Wildman–Crippen MR) is 81.8 cm³/mol. The number of benzene rings is 2. The molecule has 1 aromatic heterocycles. The van der Waals surface area contributed by atoms with Gasteiger partial charge in [-0.15, -0.1) is 0 Å². The van der Waals surface area contributed by atoms with E-state index >= 15 is 0 Å². The van der Waals surface area contributed by atoms with Gasteiger partial charge in [0.2, 0.25) is 0 Å². The molecule has 3 aromatic rings. The van der Waals surface area contributed by atoms with Crippen LogP contribution in [0.4, 0.5) is 5.69 Å². The van der Waals surface area contributed by atoms with Gasteiger partial charge in [-0.05, 0) is 29.7 Å². The summed E-state index contributed by atoms with van der Waals surface area (Å²) in [5, 5.41) is 15.9. The van der Waals surface area contributed by atoms with Crippen molar-refractivity contribution in [3.63, 3.8) is 0 Å². The molecule has 0 unspecified atom stereocenters. The van der Waals surface area contributed by atoms with Gasteiger partial charge in [-0.2, -0.15) is 5.10 Å². The largest absolute Gasteiger partial charge is 0.270 e. The minimum absolute atomic E-state index is 0.0815. The number of nitrogens with zero attached hydrogens (tertiary/aromatic N) is 3. The Morgan fingerprint density at radius 3 is 2.71 bits per heavy atom. The Bertz CT molecular complexity index is 821. The quantitative estimate of drug-likeness (QED) is 0.537. The second-order valence-electron chi connectivity index (χ2n) is 5.31. The van der Waals surface area contributed by atoms with E-state index in [4.69, 9.17) is 0 Å². The van der Waals surface area contributed by atoms with Crippen molar-refractivity contribution in [2.24, 2.45) is 0 Å². The molecule has 0 amide bonds. The lowest BCUT2D eigenvalue weighted by molar-refractivity contribution is -0.384. The molecule has 0 saturated carbocycles. The topological polar surface area (TPSA) is 61.0 Å². The summed E-state index contributed by atoms with van der Waals surface area (Å²) >= 11 is 0. The number of nitro groups is 1. The van der Waals surface area contributed by atoms with E-state index in [-0.39, 0.29) is 5.69 Å². The highest BCUT2D eigenvalue weighted by Crippen LogP contribution is 2.24. The number of non-ortho nitro benzene ring substituents is 1. The third-order valence-electron chi connectivity index (χ3n) is 3.54. The fourth-order valence-electron chi connectivity index (χ4n) is 2.36. The summed E-state index contributed by atoms with van der Waals surface area (Å²) in [7, 11) is 0. The fourth-order valence-corrected chi connectivity index (χ4v) is 2.36. The van der Waals surface area contributed by atoms with Crippen molar-refractivity contribution >= 4 is 16.6 Å². The van der Waals surface area contributed by atoms with E-state index in [0.29, 0.717) is 5.92 Å². The van der Waals surface area contributed by atoms with Gasteiger partial charge in [0.05, 0.1) is 22.3 Å². The Morgan fingerprint density at radius 1 is 1.19 bits per heavy atom. The zero-order valence-electron chi connectivity index (χ0n) is 11.9. The number of hydrogen-bond donors (Lipinski definition) is 0. The zero-order valence-corrected chi connectivity index (χ0v) is 11.9. The van der Waals surface area contributed by atoms with Crippen LogP contribution in [0.15, 0.2) is 48.7 Å². The van der Waals surface area contributed by atoms with Crippen molar-refractivity contribution in [2.45, 2.75) is 19.8 Å². The molecule has 106 valence electrons. The number of aromatic nitrogens is 2. The molecule has 1 heterocycles. The molecule has 0 aliphatic carbocycles. The van der Waals surface area contributed by atoms with Gasteiger partial charge in [0.25, 0.3) is 5.69 Å². The van der Waals surface area contributed by atoms with Crippen LogP contribution >= 0.6 is 0 Å². The van der Waals surface area contributed by atoms with Crippen molar-refractivity contribution in [1.82, 2.24) is 9.78 Å². The van der Waals surface area contributed by atoms with Gasteiger partial charge >= 0.3 is 0 Å². The predicted octanol–water partition coefficient (Wildman–Crippen LogP) is 4.06. The molecule has 0 aliphatic heterocycles. The second kappa shape index (κ2) is 5.01. The maximum Gasteiger partial charge on any atom is 0.270 e. The summed E-state index contributed by atoms with van der Waals surface area (Å²) in [6.07, 6.45) is 1.66. The van der Waals surface area contributed by atoms with Crippen LogP contribution in [0.25, 0.3) is 16.6 Å². The van der Waals surface area contributed by atoms with Gasteiger partial charge in [0.1, 0.15) is 0 Å². The van der Waals surface area contributed by atoms with E-state index in [1.165, 1.54) is 11.6 Å². The molecule has 0 spiro atoms. The normalized spacial score (nSPS) is 11.2. The highest BCUT2D eigenvalue weighted by Gasteiger charge is 2.11. The molecule has 0 fully saturated rings. The molecule has 5 heteroatoms. The Kier molecular flexibility index (Phi) is 3.17. The third-order valence-corrected chi connectivity index (χ3v) is 3.54. The SMILES string of the molecule is CC(C)c1cccc(-n2ncc3cc([N+](=O)[O-])ccc32)c1. The van der Waals surface area contributed by atoms with E-state index in [2.05, 4.69) is 31.1 Å². The van der Waals surface area contributed by atoms with Crippen molar-refractivity contribution in [2.75, 3.05) is 0 Å². The second-order valence-corrected chi connectivity index (χ2v) is 5.31. The van der Waals surface area contributed by atoms with E-state index in [1.54, 1.807) is 18.3 Å². The lowest BCUT2D eigenvalue weighted by Gasteiger charge is -2.09. The van der Waals surface area contributed by atoms with Gasteiger partial charge in [0, 0.05) is 17.5 Å². The number of hydrogen-bond acceptors (Lipinski definition) is 3. The molecular formula is C16H15N3O2. The van der Waals surface area contributed by atoms with Crippen LogP contribution in [-0.4, -0.2) is 14.7 Å². The average molecular weight is 281 g/mol. The van der Waals surface area contributed by atoms with E-state index in [1.807, 2.05) is 16.8 Å². The summed E-state index contributed by atoms with van der Waals surface area (Å²) < 4.78 is 1.81. The van der Waals surface area contributed by atoms with Gasteiger partial charge < -0.3 is 0 Å². The maximum atomic E-state index is 10.8. The summed E-state index contributed by atoms with van der Waals surface area (Å²) in [5.74, 6) is 0.438. The molecule has 21 heavy (non-hydrogen) atoms. The first-order valence-electron chi connectivity index (χ1n) is 6.79. The summed E-state index contributed by atoms with van der Waals surface area (Å²) in [6, 6.07) is 13.0. The zero-order chi connectivity index (χ0) is 15.0. The van der Waals surface area contributed by atoms with Crippen molar-refractivity contribution in [3.8, 4) is 5.69 Å². The highest BCUT2D eigenvalue weighted by molar-refractivity contribution is 5.82. The van der Waals surface area contributed by atoms with Crippen LogP contribution in [-0.2, 0) is 0 Å². The van der Waals surface area contributed by atoms with Crippen molar-refractivity contribution in [3.05, 3.63) is 64.3 Å². The van der Waals surface area contributed by atoms with Crippen molar-refractivity contribution in [1.29, 1.82) is 0 Å². The van der Waals surface area contributed by atoms with Crippen LogP contribution in [0.3, 0.4) is 0 Å². The monoisotopic (exact) mass is 281 g/mol. The third kappa shape index (κ3) is 2.38. The Morgan fingerprint density at radius 2 is 2.00 bits per heavy atom. The molecular weight excluding hydrogens is 266 g/mol. The first kappa shape index (κ1) is 13.3. The van der Waals surface area contributed by atoms with Crippen molar-refractivity contribution < 1.29 is 4.92 Å². The molecule has 0 atom stereocenters. The minimum Gasteiger partial charge on any atom is -0.258 e. The number of fused-ring (bicyclic) bond motifs is 1. The molecule has 0 radical (unpaired) electrons. The van der Waals surface area contributed by atoms with E-state index in [0.717, 1.165) is 16.6 Å². The Labute approximate surface area is 122 Å². The van der Waals surface area contributed by atoms with Gasteiger partial charge in [0.15, 0.2) is 0 Å². The van der Waals surface area contributed by atoms with Crippen LogP contribution in [0, 0.1) is 10.1 Å². The van der Waals surface area contributed by atoms with E-state index < -0.39 is 4.92 Å². The molecule has 0 saturated heterocycles.